The van der Waals surface area contributed by atoms with Gasteiger partial charge in [0.25, 0.3) is 5.56 Å². The van der Waals surface area contributed by atoms with E-state index in [1.807, 2.05) is 0 Å². The Bertz CT molecular complexity index is 1030. The number of para-hydroxylation sites is 1. The van der Waals surface area contributed by atoms with E-state index in [9.17, 15) is 14.0 Å². The molecule has 8 heteroatoms. The lowest BCUT2D eigenvalue weighted by atomic mass is 10.2. The van der Waals surface area contributed by atoms with Crippen LogP contribution in [-0.4, -0.2) is 22.4 Å². The SMILES string of the molecule is CCOC(=O)c1nn(-c2ccccc2)c(=O)cc1OCc1c(F)cccc1Cl. The van der Waals surface area contributed by atoms with Crippen molar-refractivity contribution >= 4 is 17.6 Å². The second-order valence-electron chi connectivity index (χ2n) is 5.65. The van der Waals surface area contributed by atoms with Gasteiger partial charge in [-0.3, -0.25) is 4.79 Å². The number of hydrogen-bond acceptors (Lipinski definition) is 5. The number of nitrogens with zero attached hydrogens (tertiary/aromatic N) is 2. The van der Waals surface area contributed by atoms with Crippen LogP contribution in [0.1, 0.15) is 23.0 Å². The maximum atomic E-state index is 14.0. The summed E-state index contributed by atoms with van der Waals surface area (Å²) in [5, 5.41) is 4.27. The summed E-state index contributed by atoms with van der Waals surface area (Å²) in [5.74, 6) is -1.44. The molecule has 28 heavy (non-hydrogen) atoms. The average Bonchev–Trinajstić information content (AvgIpc) is 2.68. The highest BCUT2D eigenvalue weighted by molar-refractivity contribution is 6.31. The van der Waals surface area contributed by atoms with Crippen molar-refractivity contribution in [2.75, 3.05) is 6.61 Å². The Morgan fingerprint density at radius 2 is 1.93 bits per heavy atom. The number of aromatic nitrogens is 2. The van der Waals surface area contributed by atoms with E-state index in [1.54, 1.807) is 37.3 Å². The summed E-state index contributed by atoms with van der Waals surface area (Å²) in [5.41, 5.74) is -0.139. The van der Waals surface area contributed by atoms with Crippen molar-refractivity contribution in [1.29, 1.82) is 0 Å². The molecule has 0 amide bonds. The van der Waals surface area contributed by atoms with Crippen LogP contribution in [0.25, 0.3) is 5.69 Å². The van der Waals surface area contributed by atoms with E-state index in [4.69, 9.17) is 21.1 Å². The number of esters is 1. The molecule has 0 aliphatic heterocycles. The number of carbonyl (C=O) groups is 1. The van der Waals surface area contributed by atoms with E-state index in [0.717, 1.165) is 10.7 Å². The van der Waals surface area contributed by atoms with Crippen molar-refractivity contribution in [3.8, 4) is 11.4 Å². The summed E-state index contributed by atoms with van der Waals surface area (Å²) in [7, 11) is 0. The zero-order valence-corrected chi connectivity index (χ0v) is 15.6. The molecule has 0 aliphatic carbocycles. The van der Waals surface area contributed by atoms with Gasteiger partial charge >= 0.3 is 5.97 Å². The van der Waals surface area contributed by atoms with E-state index >= 15 is 0 Å². The van der Waals surface area contributed by atoms with Gasteiger partial charge in [-0.2, -0.15) is 9.78 Å². The Morgan fingerprint density at radius 3 is 2.61 bits per heavy atom. The van der Waals surface area contributed by atoms with Crippen molar-refractivity contribution in [3.05, 3.63) is 87.0 Å². The van der Waals surface area contributed by atoms with E-state index in [1.165, 1.54) is 18.2 Å². The number of ether oxygens (including phenoxy) is 2. The fraction of sp³-hybridized carbons (Fsp3) is 0.150. The molecule has 0 saturated carbocycles. The van der Waals surface area contributed by atoms with Crippen molar-refractivity contribution in [2.45, 2.75) is 13.5 Å². The summed E-state index contributed by atoms with van der Waals surface area (Å²) >= 11 is 5.99. The minimum atomic E-state index is -0.762. The molecule has 3 aromatic rings. The molecule has 0 saturated heterocycles. The molecular weight excluding hydrogens is 387 g/mol. The monoisotopic (exact) mass is 402 g/mol. The largest absolute Gasteiger partial charge is 0.486 e. The number of hydrogen-bond donors (Lipinski definition) is 0. The molecule has 144 valence electrons. The topological polar surface area (TPSA) is 70.4 Å². The van der Waals surface area contributed by atoms with Crippen LogP contribution in [0.3, 0.4) is 0 Å². The van der Waals surface area contributed by atoms with Crippen LogP contribution in [0.15, 0.2) is 59.4 Å². The number of rotatable bonds is 6. The number of halogens is 2. The fourth-order valence-corrected chi connectivity index (χ4v) is 2.68. The van der Waals surface area contributed by atoms with Crippen molar-refractivity contribution in [2.24, 2.45) is 0 Å². The lowest BCUT2D eigenvalue weighted by Gasteiger charge is -2.13. The van der Waals surface area contributed by atoms with Gasteiger partial charge in [0.05, 0.1) is 23.4 Å². The van der Waals surface area contributed by atoms with E-state index in [2.05, 4.69) is 5.10 Å². The van der Waals surface area contributed by atoms with Gasteiger partial charge in [0.15, 0.2) is 5.75 Å². The quantitative estimate of drug-likeness (QED) is 0.587. The first-order valence-electron chi connectivity index (χ1n) is 8.44. The highest BCUT2D eigenvalue weighted by Crippen LogP contribution is 2.23. The molecule has 2 aromatic carbocycles. The summed E-state index contributed by atoms with van der Waals surface area (Å²) in [6.45, 7) is 1.47. The third-order valence-corrected chi connectivity index (χ3v) is 4.15. The van der Waals surface area contributed by atoms with Gasteiger partial charge in [0.1, 0.15) is 12.4 Å². The first-order valence-corrected chi connectivity index (χ1v) is 8.81. The fourth-order valence-electron chi connectivity index (χ4n) is 2.47. The number of benzene rings is 2. The Morgan fingerprint density at radius 1 is 1.18 bits per heavy atom. The second kappa shape index (κ2) is 8.67. The Hall–Kier alpha value is -3.19. The standard InChI is InChI=1S/C20H16ClFN2O4/c1-2-27-20(26)19-17(28-12-14-15(21)9-6-10-16(14)22)11-18(25)24(23-19)13-7-4-3-5-8-13/h3-11H,2,12H2,1H3. The average molecular weight is 403 g/mol. The summed E-state index contributed by atoms with van der Waals surface area (Å²) in [4.78, 5) is 24.8. The Labute approximate surface area is 165 Å². The predicted molar refractivity (Wildman–Crippen MR) is 102 cm³/mol. The second-order valence-corrected chi connectivity index (χ2v) is 6.06. The highest BCUT2D eigenvalue weighted by Gasteiger charge is 2.20. The number of carbonyl (C=O) groups excluding carboxylic acids is 1. The van der Waals surface area contributed by atoms with Gasteiger partial charge in [-0.1, -0.05) is 35.9 Å². The van der Waals surface area contributed by atoms with Gasteiger partial charge in [-0.25, -0.2) is 9.18 Å². The van der Waals surface area contributed by atoms with Crippen molar-refractivity contribution in [3.63, 3.8) is 0 Å². The lowest BCUT2D eigenvalue weighted by Crippen LogP contribution is -2.25. The Kier molecular flexibility index (Phi) is 6.06. The van der Waals surface area contributed by atoms with Crippen LogP contribution in [0.4, 0.5) is 4.39 Å². The molecule has 0 bridgehead atoms. The summed E-state index contributed by atoms with van der Waals surface area (Å²) < 4.78 is 25.5. The molecule has 0 N–H and O–H groups in total. The molecule has 0 atom stereocenters. The van der Waals surface area contributed by atoms with Crippen molar-refractivity contribution in [1.82, 2.24) is 9.78 Å². The molecule has 3 rings (SSSR count). The summed E-state index contributed by atoms with van der Waals surface area (Å²) in [6.07, 6.45) is 0. The molecule has 6 nitrogen and oxygen atoms in total. The van der Waals surface area contributed by atoms with Gasteiger partial charge in [0, 0.05) is 5.56 Å². The van der Waals surface area contributed by atoms with E-state index in [0.29, 0.717) is 5.69 Å². The van der Waals surface area contributed by atoms with Crippen LogP contribution in [0.5, 0.6) is 5.75 Å². The lowest BCUT2D eigenvalue weighted by molar-refractivity contribution is 0.0511. The maximum absolute atomic E-state index is 14.0. The smallest absolute Gasteiger partial charge is 0.362 e. The van der Waals surface area contributed by atoms with Gasteiger partial charge < -0.3 is 9.47 Å². The van der Waals surface area contributed by atoms with Crippen LogP contribution >= 0.6 is 11.6 Å². The third kappa shape index (κ3) is 4.20. The van der Waals surface area contributed by atoms with Crippen molar-refractivity contribution < 1.29 is 18.7 Å². The van der Waals surface area contributed by atoms with Crippen LogP contribution < -0.4 is 10.3 Å². The van der Waals surface area contributed by atoms with E-state index in [-0.39, 0.29) is 35.2 Å². The van der Waals surface area contributed by atoms with Gasteiger partial charge in [-0.05, 0) is 31.2 Å². The molecule has 0 fully saturated rings. The van der Waals surface area contributed by atoms with E-state index < -0.39 is 17.3 Å². The zero-order chi connectivity index (χ0) is 20.1. The van der Waals surface area contributed by atoms with Crippen LogP contribution in [-0.2, 0) is 11.3 Å². The molecule has 1 aromatic heterocycles. The molecule has 0 unspecified atom stereocenters. The first-order chi connectivity index (χ1) is 13.5. The molecule has 1 heterocycles. The molecular formula is C20H16ClFN2O4. The molecule has 0 spiro atoms. The molecule has 0 radical (unpaired) electrons. The van der Waals surface area contributed by atoms with Gasteiger partial charge in [0.2, 0.25) is 5.69 Å². The third-order valence-electron chi connectivity index (χ3n) is 3.80. The highest BCUT2D eigenvalue weighted by atomic mass is 35.5. The first kappa shape index (κ1) is 19.6. The summed E-state index contributed by atoms with van der Waals surface area (Å²) in [6, 6.07) is 13.9. The van der Waals surface area contributed by atoms with Gasteiger partial charge in [-0.15, -0.1) is 0 Å². The Balaban J connectivity index is 2.01. The zero-order valence-electron chi connectivity index (χ0n) is 14.9. The van der Waals surface area contributed by atoms with Crippen LogP contribution in [0.2, 0.25) is 5.02 Å². The minimum absolute atomic E-state index is 0.103. The normalized spacial score (nSPS) is 10.5. The molecule has 0 aliphatic rings. The maximum Gasteiger partial charge on any atom is 0.362 e. The minimum Gasteiger partial charge on any atom is -0.486 e. The van der Waals surface area contributed by atoms with Crippen LogP contribution in [0, 0.1) is 5.82 Å². The predicted octanol–water partition coefficient (Wildman–Crippen LogP) is 3.78.